The molecule has 2 amide bonds. The van der Waals surface area contributed by atoms with Gasteiger partial charge in [-0.05, 0) is 52.3 Å². The molecule has 0 saturated carbocycles. The number of hydrogen-bond acceptors (Lipinski definition) is 3. The summed E-state index contributed by atoms with van der Waals surface area (Å²) in [4.78, 5) is 23.5. The summed E-state index contributed by atoms with van der Waals surface area (Å²) in [5.74, 6) is -0.667. The molecule has 0 heterocycles. The Bertz CT molecular complexity index is 744. The van der Waals surface area contributed by atoms with E-state index in [0.29, 0.717) is 21.4 Å². The Labute approximate surface area is 135 Å². The number of nitrogens with one attached hydrogen (secondary N) is 2. The molecule has 0 aliphatic heterocycles. The van der Waals surface area contributed by atoms with Crippen molar-refractivity contribution in [3.05, 3.63) is 65.2 Å². The van der Waals surface area contributed by atoms with Crippen LogP contribution < -0.4 is 10.6 Å². The lowest BCUT2D eigenvalue weighted by Gasteiger charge is -2.09. The Hall–Kier alpha value is -2.60. The number of anilines is 2. The van der Waals surface area contributed by atoms with Crippen LogP contribution in [0, 0.1) is 0 Å². The van der Waals surface area contributed by atoms with Crippen LogP contribution in [0.5, 0.6) is 5.75 Å². The largest absolute Gasteiger partial charge is 0.508 e. The van der Waals surface area contributed by atoms with Crippen molar-refractivity contribution in [3.8, 4) is 5.75 Å². The van der Waals surface area contributed by atoms with Gasteiger partial charge < -0.3 is 15.7 Å². The zero-order chi connectivity index (χ0) is 16.1. The van der Waals surface area contributed by atoms with Crippen molar-refractivity contribution in [1.29, 1.82) is 0 Å². The third-order valence-electron chi connectivity index (χ3n) is 2.78. The molecule has 0 aliphatic rings. The van der Waals surface area contributed by atoms with Crippen LogP contribution in [0.2, 0.25) is 0 Å². The van der Waals surface area contributed by atoms with Crippen LogP contribution in [0.1, 0.15) is 10.4 Å². The fourth-order valence-corrected chi connectivity index (χ4v) is 2.08. The van der Waals surface area contributed by atoms with Crippen molar-refractivity contribution in [2.75, 3.05) is 10.6 Å². The lowest BCUT2D eigenvalue weighted by molar-refractivity contribution is -0.111. The standard InChI is InChI=1S/C16H13BrN2O3/c1-2-15(21)18-11-5-3-4-10(8-11)16(22)19-14-9-12(20)6-7-13(14)17/h2-9,20H,1H2,(H,18,21)(H,19,22). The fourth-order valence-electron chi connectivity index (χ4n) is 1.74. The number of phenols is 1. The molecule has 2 aromatic rings. The van der Waals surface area contributed by atoms with Crippen LogP contribution in [0.3, 0.4) is 0 Å². The summed E-state index contributed by atoms with van der Waals surface area (Å²) in [6.07, 6.45) is 1.15. The van der Waals surface area contributed by atoms with E-state index in [1.807, 2.05) is 0 Å². The highest BCUT2D eigenvalue weighted by Crippen LogP contribution is 2.27. The van der Waals surface area contributed by atoms with Crippen molar-refractivity contribution in [2.45, 2.75) is 0 Å². The number of carbonyl (C=O) groups excluding carboxylic acids is 2. The molecule has 0 unspecified atom stereocenters. The SMILES string of the molecule is C=CC(=O)Nc1cccc(C(=O)Nc2cc(O)ccc2Br)c1. The minimum atomic E-state index is -0.360. The first-order valence-corrected chi connectivity index (χ1v) is 7.12. The lowest BCUT2D eigenvalue weighted by atomic mass is 10.1. The molecule has 0 aromatic heterocycles. The van der Waals surface area contributed by atoms with Gasteiger partial charge in [-0.25, -0.2) is 0 Å². The van der Waals surface area contributed by atoms with Gasteiger partial charge in [0, 0.05) is 21.8 Å². The first kappa shape index (κ1) is 15.8. The van der Waals surface area contributed by atoms with E-state index in [2.05, 4.69) is 33.1 Å². The zero-order valence-corrected chi connectivity index (χ0v) is 13.1. The summed E-state index contributed by atoms with van der Waals surface area (Å²) < 4.78 is 0.648. The number of carbonyl (C=O) groups is 2. The van der Waals surface area contributed by atoms with Gasteiger partial charge in [0.2, 0.25) is 5.91 Å². The highest BCUT2D eigenvalue weighted by atomic mass is 79.9. The topological polar surface area (TPSA) is 78.4 Å². The van der Waals surface area contributed by atoms with Crippen LogP contribution in [0.15, 0.2) is 59.6 Å². The molecule has 5 nitrogen and oxygen atoms in total. The lowest BCUT2D eigenvalue weighted by Crippen LogP contribution is -2.13. The van der Waals surface area contributed by atoms with E-state index < -0.39 is 0 Å². The highest BCUT2D eigenvalue weighted by molar-refractivity contribution is 9.10. The molecule has 22 heavy (non-hydrogen) atoms. The minimum Gasteiger partial charge on any atom is -0.508 e. The smallest absolute Gasteiger partial charge is 0.255 e. The van der Waals surface area contributed by atoms with Gasteiger partial charge >= 0.3 is 0 Å². The van der Waals surface area contributed by atoms with Crippen LogP contribution in [-0.4, -0.2) is 16.9 Å². The summed E-state index contributed by atoms with van der Waals surface area (Å²) in [6, 6.07) is 11.1. The Morgan fingerprint density at radius 1 is 1.14 bits per heavy atom. The number of aromatic hydroxyl groups is 1. The summed E-state index contributed by atoms with van der Waals surface area (Å²) in [7, 11) is 0. The van der Waals surface area contributed by atoms with E-state index in [-0.39, 0.29) is 17.6 Å². The highest BCUT2D eigenvalue weighted by Gasteiger charge is 2.10. The van der Waals surface area contributed by atoms with E-state index in [1.54, 1.807) is 30.3 Å². The van der Waals surface area contributed by atoms with Gasteiger partial charge in [-0.15, -0.1) is 0 Å². The van der Waals surface area contributed by atoms with Crippen LogP contribution in [0.25, 0.3) is 0 Å². The maximum absolute atomic E-state index is 12.2. The number of rotatable bonds is 4. The number of benzene rings is 2. The number of hydrogen-bond donors (Lipinski definition) is 3. The molecule has 3 N–H and O–H groups in total. The van der Waals surface area contributed by atoms with Crippen molar-refractivity contribution in [2.24, 2.45) is 0 Å². The summed E-state index contributed by atoms with van der Waals surface area (Å²) in [5.41, 5.74) is 1.31. The molecule has 0 radical (unpaired) electrons. The monoisotopic (exact) mass is 360 g/mol. The predicted octanol–water partition coefficient (Wildman–Crippen LogP) is 3.53. The molecule has 2 aromatic carbocycles. The van der Waals surface area contributed by atoms with E-state index in [4.69, 9.17) is 0 Å². The fraction of sp³-hybridized carbons (Fsp3) is 0. The van der Waals surface area contributed by atoms with Gasteiger partial charge in [-0.1, -0.05) is 12.6 Å². The molecule has 0 bridgehead atoms. The van der Waals surface area contributed by atoms with Crippen molar-refractivity contribution < 1.29 is 14.7 Å². The van der Waals surface area contributed by atoms with Crippen LogP contribution >= 0.6 is 15.9 Å². The number of halogens is 1. The Balaban J connectivity index is 2.19. The van der Waals surface area contributed by atoms with Crippen molar-refractivity contribution in [1.82, 2.24) is 0 Å². The summed E-state index contributed by atoms with van der Waals surface area (Å²) >= 11 is 3.29. The molecular weight excluding hydrogens is 348 g/mol. The van der Waals surface area contributed by atoms with E-state index >= 15 is 0 Å². The van der Waals surface area contributed by atoms with Gasteiger partial charge in [0.25, 0.3) is 5.91 Å². The van der Waals surface area contributed by atoms with Crippen molar-refractivity contribution >= 4 is 39.1 Å². The second-order valence-corrected chi connectivity index (χ2v) is 5.25. The summed E-state index contributed by atoms with van der Waals surface area (Å²) in [5, 5.41) is 14.7. The van der Waals surface area contributed by atoms with Crippen molar-refractivity contribution in [3.63, 3.8) is 0 Å². The molecule has 0 aliphatic carbocycles. The zero-order valence-electron chi connectivity index (χ0n) is 11.5. The van der Waals surface area contributed by atoms with Gasteiger partial charge in [0.1, 0.15) is 5.75 Å². The molecule has 0 saturated heterocycles. The third-order valence-corrected chi connectivity index (χ3v) is 3.47. The molecule has 0 fully saturated rings. The molecule has 0 atom stereocenters. The first-order valence-electron chi connectivity index (χ1n) is 6.33. The maximum Gasteiger partial charge on any atom is 0.255 e. The third kappa shape index (κ3) is 3.95. The average Bonchev–Trinajstić information content (AvgIpc) is 2.51. The molecule has 0 spiro atoms. The van der Waals surface area contributed by atoms with Gasteiger partial charge in [0.15, 0.2) is 0 Å². The molecule has 6 heteroatoms. The molecular formula is C16H13BrN2O3. The number of phenolic OH excluding ortho intramolecular Hbond substituents is 1. The Morgan fingerprint density at radius 3 is 2.64 bits per heavy atom. The summed E-state index contributed by atoms with van der Waals surface area (Å²) in [6.45, 7) is 3.37. The van der Waals surface area contributed by atoms with Crippen LogP contribution in [0.4, 0.5) is 11.4 Å². The first-order chi connectivity index (χ1) is 10.5. The van der Waals surface area contributed by atoms with Gasteiger partial charge in [0.05, 0.1) is 5.69 Å². The van der Waals surface area contributed by atoms with E-state index in [9.17, 15) is 14.7 Å². The number of amides is 2. The second-order valence-electron chi connectivity index (χ2n) is 4.39. The quantitative estimate of drug-likeness (QED) is 0.729. The minimum absolute atomic E-state index is 0.0468. The van der Waals surface area contributed by atoms with Gasteiger partial charge in [-0.2, -0.15) is 0 Å². The normalized spacial score (nSPS) is 9.86. The van der Waals surface area contributed by atoms with E-state index in [1.165, 1.54) is 12.1 Å². The van der Waals surface area contributed by atoms with Crippen LogP contribution in [-0.2, 0) is 4.79 Å². The molecule has 112 valence electrons. The maximum atomic E-state index is 12.2. The molecule has 2 rings (SSSR count). The Kier molecular flexibility index (Phi) is 4.95. The van der Waals surface area contributed by atoms with E-state index in [0.717, 1.165) is 6.08 Å². The van der Waals surface area contributed by atoms with Gasteiger partial charge in [-0.3, -0.25) is 9.59 Å². The second kappa shape index (κ2) is 6.91. The average molecular weight is 361 g/mol. The predicted molar refractivity (Wildman–Crippen MR) is 89.0 cm³/mol. The Morgan fingerprint density at radius 2 is 1.91 bits per heavy atom.